The molecule has 0 unspecified atom stereocenters. The van der Waals surface area contributed by atoms with Crippen molar-refractivity contribution in [2.45, 2.75) is 4.90 Å². The number of ether oxygens (including phenoxy) is 1. The van der Waals surface area contributed by atoms with Gasteiger partial charge in [-0.05, 0) is 34.1 Å². The zero-order chi connectivity index (χ0) is 17.5. The van der Waals surface area contributed by atoms with Crippen molar-refractivity contribution in [3.63, 3.8) is 0 Å². The van der Waals surface area contributed by atoms with Crippen LogP contribution in [0.4, 0.5) is 20.2 Å². The van der Waals surface area contributed by atoms with Crippen molar-refractivity contribution in [1.29, 1.82) is 0 Å². The summed E-state index contributed by atoms with van der Waals surface area (Å²) in [5, 5.41) is 2.54. The first kappa shape index (κ1) is 16.7. The van der Waals surface area contributed by atoms with E-state index in [1.165, 1.54) is 12.1 Å². The van der Waals surface area contributed by atoms with Crippen LogP contribution in [-0.4, -0.2) is 20.9 Å². The quantitative estimate of drug-likeness (QED) is 0.802. The van der Waals surface area contributed by atoms with E-state index >= 15 is 0 Å². The number of halogens is 3. The number of sulfonamides is 1. The van der Waals surface area contributed by atoms with Crippen LogP contribution in [0.25, 0.3) is 0 Å². The van der Waals surface area contributed by atoms with E-state index in [-0.39, 0.29) is 33.3 Å². The Morgan fingerprint density at radius 3 is 2.62 bits per heavy atom. The van der Waals surface area contributed by atoms with Crippen molar-refractivity contribution in [2.24, 2.45) is 0 Å². The molecule has 126 valence electrons. The third-order valence-electron chi connectivity index (χ3n) is 3.13. The summed E-state index contributed by atoms with van der Waals surface area (Å²) in [6.45, 7) is -0.231. The first-order chi connectivity index (χ1) is 11.3. The van der Waals surface area contributed by atoms with Gasteiger partial charge >= 0.3 is 0 Å². The summed E-state index contributed by atoms with van der Waals surface area (Å²) >= 11 is 3.11. The molecule has 0 atom stereocenters. The van der Waals surface area contributed by atoms with E-state index < -0.39 is 21.7 Å². The Morgan fingerprint density at radius 2 is 1.92 bits per heavy atom. The van der Waals surface area contributed by atoms with E-state index in [1.54, 1.807) is 0 Å². The van der Waals surface area contributed by atoms with Gasteiger partial charge in [0.2, 0.25) is 0 Å². The molecule has 2 aromatic carbocycles. The molecule has 1 aliphatic heterocycles. The Labute approximate surface area is 144 Å². The minimum Gasteiger partial charge on any atom is -0.482 e. The van der Waals surface area contributed by atoms with Gasteiger partial charge in [-0.25, -0.2) is 17.2 Å². The third kappa shape index (κ3) is 3.20. The molecule has 0 saturated carbocycles. The van der Waals surface area contributed by atoms with Crippen molar-refractivity contribution >= 4 is 43.2 Å². The second-order valence-electron chi connectivity index (χ2n) is 4.85. The van der Waals surface area contributed by atoms with Gasteiger partial charge in [0, 0.05) is 16.6 Å². The number of hydrogen-bond donors (Lipinski definition) is 2. The average Bonchev–Trinajstić information content (AvgIpc) is 2.49. The standard InChI is InChI=1S/C14H9BrF2N2O4S/c15-8-4-11-12(23-6-14(20)18-11)5-13(8)24(21,22)19-7-1-2-9(16)10(17)3-7/h1-5,19H,6H2,(H,18,20). The van der Waals surface area contributed by atoms with Gasteiger partial charge in [0.15, 0.2) is 18.2 Å². The van der Waals surface area contributed by atoms with Crippen LogP contribution < -0.4 is 14.8 Å². The summed E-state index contributed by atoms with van der Waals surface area (Å²) in [7, 11) is -4.10. The molecule has 1 aliphatic rings. The minimum atomic E-state index is -4.10. The van der Waals surface area contributed by atoms with Crippen molar-refractivity contribution < 1.29 is 26.7 Å². The lowest BCUT2D eigenvalue weighted by molar-refractivity contribution is -0.118. The minimum absolute atomic E-state index is 0.132. The maximum atomic E-state index is 13.2. The van der Waals surface area contributed by atoms with Crippen LogP contribution in [-0.2, 0) is 14.8 Å². The van der Waals surface area contributed by atoms with Crippen LogP contribution >= 0.6 is 15.9 Å². The first-order valence-corrected chi connectivity index (χ1v) is 8.78. The number of benzene rings is 2. The summed E-state index contributed by atoms with van der Waals surface area (Å²) < 4.78 is 58.6. The number of nitrogens with one attached hydrogen (secondary N) is 2. The van der Waals surface area contributed by atoms with E-state index in [4.69, 9.17) is 4.74 Å². The second kappa shape index (κ2) is 6.02. The van der Waals surface area contributed by atoms with Gasteiger partial charge < -0.3 is 10.1 Å². The molecule has 0 bridgehead atoms. The predicted molar refractivity (Wildman–Crippen MR) is 85.4 cm³/mol. The molecule has 0 aliphatic carbocycles. The summed E-state index contributed by atoms with van der Waals surface area (Å²) in [5.74, 6) is -2.43. The monoisotopic (exact) mass is 418 g/mol. The number of rotatable bonds is 3. The Morgan fingerprint density at radius 1 is 1.17 bits per heavy atom. The van der Waals surface area contributed by atoms with Crippen molar-refractivity contribution in [3.05, 3.63) is 46.4 Å². The van der Waals surface area contributed by atoms with E-state index in [1.807, 2.05) is 0 Å². The zero-order valence-electron chi connectivity index (χ0n) is 11.8. The molecule has 6 nitrogen and oxygen atoms in total. The molecule has 2 N–H and O–H groups in total. The van der Waals surface area contributed by atoms with Gasteiger partial charge in [-0.3, -0.25) is 9.52 Å². The Balaban J connectivity index is 1.97. The zero-order valence-corrected chi connectivity index (χ0v) is 14.2. The van der Waals surface area contributed by atoms with Crippen molar-refractivity contribution in [1.82, 2.24) is 0 Å². The van der Waals surface area contributed by atoms with Gasteiger partial charge in [0.1, 0.15) is 10.6 Å². The van der Waals surface area contributed by atoms with Crippen LogP contribution in [0.1, 0.15) is 0 Å². The lowest BCUT2D eigenvalue weighted by Gasteiger charge is -2.19. The van der Waals surface area contributed by atoms with Gasteiger partial charge in [0.05, 0.1) is 11.4 Å². The summed E-state index contributed by atoms with van der Waals surface area (Å²) in [6.07, 6.45) is 0. The lowest BCUT2D eigenvalue weighted by Crippen LogP contribution is -2.26. The molecular formula is C14H9BrF2N2O4S. The fourth-order valence-corrected chi connectivity index (χ4v) is 4.16. The first-order valence-electron chi connectivity index (χ1n) is 6.50. The molecule has 0 spiro atoms. The highest BCUT2D eigenvalue weighted by atomic mass is 79.9. The number of amides is 1. The summed E-state index contributed by atoms with van der Waals surface area (Å²) in [6, 6.07) is 5.25. The van der Waals surface area contributed by atoms with Crippen molar-refractivity contribution in [2.75, 3.05) is 16.6 Å². The average molecular weight is 419 g/mol. The van der Waals surface area contributed by atoms with E-state index in [2.05, 4.69) is 26.0 Å². The van der Waals surface area contributed by atoms with E-state index in [9.17, 15) is 22.0 Å². The molecule has 1 amide bonds. The van der Waals surface area contributed by atoms with Crippen molar-refractivity contribution in [3.8, 4) is 5.75 Å². The van der Waals surface area contributed by atoms with Crippen LogP contribution in [0.2, 0.25) is 0 Å². The highest BCUT2D eigenvalue weighted by Gasteiger charge is 2.24. The maximum Gasteiger partial charge on any atom is 0.263 e. The summed E-state index contributed by atoms with van der Waals surface area (Å²) in [5.41, 5.74) is 0.192. The molecule has 0 fully saturated rings. The predicted octanol–water partition coefficient (Wildman–Crippen LogP) is 2.86. The third-order valence-corrected chi connectivity index (χ3v) is 5.47. The van der Waals surface area contributed by atoms with Gasteiger partial charge in [-0.2, -0.15) is 0 Å². The number of hydrogen-bond acceptors (Lipinski definition) is 4. The normalized spacial score (nSPS) is 13.7. The second-order valence-corrected chi connectivity index (χ2v) is 7.36. The Kier molecular flexibility index (Phi) is 4.18. The molecule has 1 heterocycles. The molecule has 0 aromatic heterocycles. The molecule has 3 rings (SSSR count). The fourth-order valence-electron chi connectivity index (χ4n) is 2.06. The summed E-state index contributed by atoms with van der Waals surface area (Å²) in [4.78, 5) is 11.1. The lowest BCUT2D eigenvalue weighted by atomic mass is 10.2. The smallest absolute Gasteiger partial charge is 0.263 e. The van der Waals surface area contributed by atoms with Crippen LogP contribution in [0.3, 0.4) is 0 Å². The maximum absolute atomic E-state index is 13.2. The highest BCUT2D eigenvalue weighted by Crippen LogP contribution is 2.36. The molecule has 10 heteroatoms. The molecule has 2 aromatic rings. The Bertz CT molecular complexity index is 950. The van der Waals surface area contributed by atoms with Crippen LogP contribution in [0.15, 0.2) is 39.7 Å². The van der Waals surface area contributed by atoms with E-state index in [0.717, 1.165) is 18.2 Å². The highest BCUT2D eigenvalue weighted by molar-refractivity contribution is 9.10. The van der Waals surface area contributed by atoms with Crippen LogP contribution in [0.5, 0.6) is 5.75 Å². The largest absolute Gasteiger partial charge is 0.482 e. The molecule has 0 radical (unpaired) electrons. The molecule has 0 saturated heterocycles. The SMILES string of the molecule is O=C1COc2cc(S(=O)(=O)Nc3ccc(F)c(F)c3)c(Br)cc2N1. The van der Waals surface area contributed by atoms with Gasteiger partial charge in [0.25, 0.3) is 15.9 Å². The van der Waals surface area contributed by atoms with Gasteiger partial charge in [-0.1, -0.05) is 0 Å². The topological polar surface area (TPSA) is 84.5 Å². The van der Waals surface area contributed by atoms with E-state index in [0.29, 0.717) is 5.69 Å². The Hall–Kier alpha value is -2.20. The fraction of sp³-hybridized carbons (Fsp3) is 0.0714. The molecular weight excluding hydrogens is 410 g/mol. The van der Waals surface area contributed by atoms with Gasteiger partial charge in [-0.15, -0.1) is 0 Å². The number of carbonyl (C=O) groups excluding carboxylic acids is 1. The number of anilines is 2. The molecule has 24 heavy (non-hydrogen) atoms. The number of carbonyl (C=O) groups is 1. The van der Waals surface area contributed by atoms with Crippen LogP contribution in [0, 0.1) is 11.6 Å². The number of fused-ring (bicyclic) bond motifs is 1.